The third kappa shape index (κ3) is 1.13. The molecule has 0 spiro atoms. The molecule has 2 rings (SSSR count). The van der Waals surface area contributed by atoms with Crippen molar-refractivity contribution in [2.45, 2.75) is 33.1 Å². The van der Waals surface area contributed by atoms with Crippen molar-refractivity contribution in [2.75, 3.05) is 0 Å². The van der Waals surface area contributed by atoms with Gasteiger partial charge in [0, 0.05) is 9.41 Å². The molecule has 1 heterocycles. The Bertz CT molecular complexity index is 395. The lowest BCUT2D eigenvalue weighted by Gasteiger charge is -1.96. The van der Waals surface area contributed by atoms with Crippen molar-refractivity contribution < 1.29 is 0 Å². The summed E-state index contributed by atoms with van der Waals surface area (Å²) >= 11 is 1.95. The van der Waals surface area contributed by atoms with Crippen LogP contribution < -0.4 is 9.75 Å². The topological polar surface area (TPSA) is 0 Å². The average Bonchev–Trinajstić information content (AvgIpc) is 2.40. The Morgan fingerprint density at radius 3 is 2.83 bits per heavy atom. The van der Waals surface area contributed by atoms with Gasteiger partial charge < -0.3 is 0 Å². The molecule has 0 saturated carbocycles. The highest BCUT2D eigenvalue weighted by molar-refractivity contribution is 7.09. The van der Waals surface area contributed by atoms with E-state index in [1.54, 1.807) is 5.56 Å². The number of hydrogen-bond donors (Lipinski definition) is 0. The number of thiophene rings is 1. The van der Waals surface area contributed by atoms with Gasteiger partial charge in [0.15, 0.2) is 0 Å². The highest BCUT2D eigenvalue weighted by Crippen LogP contribution is 2.09. The van der Waals surface area contributed by atoms with E-state index in [1.807, 2.05) is 11.3 Å². The first-order valence-corrected chi connectivity index (χ1v) is 5.43. The smallest absolute Gasteiger partial charge is 0.0305 e. The Morgan fingerprint density at radius 1 is 1.33 bits per heavy atom. The fourth-order valence-electron chi connectivity index (χ4n) is 1.88. The van der Waals surface area contributed by atoms with E-state index in [2.05, 4.69) is 26.0 Å². The zero-order valence-electron chi connectivity index (χ0n) is 7.68. The first-order chi connectivity index (χ1) is 5.83. The third-order valence-electron chi connectivity index (χ3n) is 2.48. The molecule has 12 heavy (non-hydrogen) atoms. The second-order valence-corrected chi connectivity index (χ2v) is 4.51. The molecular weight excluding hydrogens is 164 g/mol. The molecule has 0 saturated heterocycles. The normalized spacial score (nSPS) is 14.8. The lowest BCUT2D eigenvalue weighted by atomic mass is 10.1. The first kappa shape index (κ1) is 8.06. The standard InChI is InChI=1S/C11H14S/c1-3-9-8(2)12-11-7-5-4-6-10(9)11/h6-7H,3-5H2,1-2H3. The second kappa shape index (κ2) is 3.06. The van der Waals surface area contributed by atoms with Gasteiger partial charge in [-0.25, -0.2) is 0 Å². The number of fused-ring (bicyclic) bond motifs is 1. The van der Waals surface area contributed by atoms with E-state index in [4.69, 9.17) is 0 Å². The summed E-state index contributed by atoms with van der Waals surface area (Å²) in [6.45, 7) is 4.49. The molecule has 0 aromatic carbocycles. The second-order valence-electron chi connectivity index (χ2n) is 3.25. The largest absolute Gasteiger partial charge is 0.141 e. The van der Waals surface area contributed by atoms with Crippen molar-refractivity contribution in [3.05, 3.63) is 20.2 Å². The SMILES string of the molecule is CCc1c(C)sc2c1=CCCC=2. The van der Waals surface area contributed by atoms with E-state index >= 15 is 0 Å². The lowest BCUT2D eigenvalue weighted by molar-refractivity contribution is 1.08. The van der Waals surface area contributed by atoms with Gasteiger partial charge in [0.25, 0.3) is 0 Å². The maximum absolute atomic E-state index is 2.40. The molecule has 64 valence electrons. The van der Waals surface area contributed by atoms with E-state index in [9.17, 15) is 0 Å². The molecule has 0 unspecified atom stereocenters. The maximum Gasteiger partial charge on any atom is 0.0305 e. The third-order valence-corrected chi connectivity index (χ3v) is 3.64. The summed E-state index contributed by atoms with van der Waals surface area (Å²) in [6.07, 6.45) is 8.43. The highest BCUT2D eigenvalue weighted by Gasteiger charge is 2.04. The summed E-state index contributed by atoms with van der Waals surface area (Å²) in [5.41, 5.74) is 1.57. The Kier molecular flexibility index (Phi) is 2.05. The van der Waals surface area contributed by atoms with Gasteiger partial charge in [-0.2, -0.15) is 0 Å². The van der Waals surface area contributed by atoms with Crippen molar-refractivity contribution in [3.8, 4) is 0 Å². The number of rotatable bonds is 1. The van der Waals surface area contributed by atoms with E-state index in [-0.39, 0.29) is 0 Å². The van der Waals surface area contributed by atoms with Crippen LogP contribution in [0.4, 0.5) is 0 Å². The molecule has 0 N–H and O–H groups in total. The van der Waals surface area contributed by atoms with Crippen molar-refractivity contribution in [1.82, 2.24) is 0 Å². The van der Waals surface area contributed by atoms with Gasteiger partial charge in [-0.15, -0.1) is 11.3 Å². The molecule has 0 fully saturated rings. The quantitative estimate of drug-likeness (QED) is 0.617. The van der Waals surface area contributed by atoms with Gasteiger partial charge >= 0.3 is 0 Å². The molecule has 0 atom stereocenters. The molecule has 0 nitrogen and oxygen atoms in total. The van der Waals surface area contributed by atoms with Gasteiger partial charge in [-0.3, -0.25) is 0 Å². The molecular formula is C11H14S. The van der Waals surface area contributed by atoms with Crippen molar-refractivity contribution in [1.29, 1.82) is 0 Å². The summed E-state index contributed by atoms with van der Waals surface area (Å²) in [5, 5.41) is 1.53. The predicted octanol–water partition coefficient (Wildman–Crippen LogP) is 1.97. The molecule has 1 aliphatic carbocycles. The van der Waals surface area contributed by atoms with E-state index < -0.39 is 0 Å². The predicted molar refractivity (Wildman–Crippen MR) is 55.8 cm³/mol. The van der Waals surface area contributed by atoms with Crippen LogP contribution in [0.2, 0.25) is 0 Å². The van der Waals surface area contributed by atoms with Crippen LogP contribution in [0.25, 0.3) is 12.2 Å². The first-order valence-electron chi connectivity index (χ1n) is 4.61. The van der Waals surface area contributed by atoms with E-state index in [0.717, 1.165) is 0 Å². The molecule has 1 aromatic rings. The fraction of sp³-hybridized carbons (Fsp3) is 0.455. The van der Waals surface area contributed by atoms with Gasteiger partial charge in [-0.05, 0) is 37.0 Å². The highest BCUT2D eigenvalue weighted by atomic mass is 32.1. The minimum atomic E-state index is 1.18. The minimum Gasteiger partial charge on any atom is -0.141 e. The fourth-order valence-corrected chi connectivity index (χ4v) is 3.10. The van der Waals surface area contributed by atoms with E-state index in [1.165, 1.54) is 33.9 Å². The van der Waals surface area contributed by atoms with Crippen LogP contribution in [0.1, 0.15) is 30.2 Å². The van der Waals surface area contributed by atoms with Gasteiger partial charge in [0.2, 0.25) is 0 Å². The number of aryl methyl sites for hydroxylation is 1. The van der Waals surface area contributed by atoms with Crippen molar-refractivity contribution >= 4 is 23.5 Å². The summed E-state index contributed by atoms with van der Waals surface area (Å²) < 4.78 is 1.51. The zero-order valence-corrected chi connectivity index (χ0v) is 8.50. The molecule has 0 amide bonds. The molecule has 0 radical (unpaired) electrons. The Labute approximate surface area is 77.2 Å². The Balaban J connectivity index is 2.79. The van der Waals surface area contributed by atoms with Crippen LogP contribution >= 0.6 is 11.3 Å². The molecule has 1 heteroatoms. The Morgan fingerprint density at radius 2 is 2.08 bits per heavy atom. The summed E-state index contributed by atoms with van der Waals surface area (Å²) in [4.78, 5) is 1.51. The van der Waals surface area contributed by atoms with Crippen LogP contribution in [0.3, 0.4) is 0 Å². The van der Waals surface area contributed by atoms with Crippen molar-refractivity contribution in [3.63, 3.8) is 0 Å². The molecule has 1 aliphatic rings. The van der Waals surface area contributed by atoms with Gasteiger partial charge in [-0.1, -0.05) is 19.1 Å². The molecule has 1 aromatic heterocycles. The average molecular weight is 178 g/mol. The van der Waals surface area contributed by atoms with Crippen LogP contribution in [0.15, 0.2) is 0 Å². The maximum atomic E-state index is 2.40. The number of hydrogen-bond acceptors (Lipinski definition) is 1. The van der Waals surface area contributed by atoms with Crippen LogP contribution in [0, 0.1) is 6.92 Å². The van der Waals surface area contributed by atoms with Gasteiger partial charge in [0.05, 0.1) is 0 Å². The van der Waals surface area contributed by atoms with Crippen LogP contribution in [-0.4, -0.2) is 0 Å². The Hall–Kier alpha value is -0.560. The van der Waals surface area contributed by atoms with Crippen molar-refractivity contribution in [2.24, 2.45) is 0 Å². The van der Waals surface area contributed by atoms with E-state index in [0.29, 0.717) is 0 Å². The monoisotopic (exact) mass is 178 g/mol. The van der Waals surface area contributed by atoms with Crippen LogP contribution in [-0.2, 0) is 6.42 Å². The summed E-state index contributed by atoms with van der Waals surface area (Å²) in [6, 6.07) is 0. The summed E-state index contributed by atoms with van der Waals surface area (Å²) in [5.74, 6) is 0. The lowest BCUT2D eigenvalue weighted by Crippen LogP contribution is -2.23. The van der Waals surface area contributed by atoms with Gasteiger partial charge in [0.1, 0.15) is 0 Å². The molecule has 0 aliphatic heterocycles. The zero-order chi connectivity index (χ0) is 8.55. The van der Waals surface area contributed by atoms with Crippen LogP contribution in [0.5, 0.6) is 0 Å². The minimum absolute atomic E-state index is 1.18. The molecule has 0 bridgehead atoms. The summed E-state index contributed by atoms with van der Waals surface area (Å²) in [7, 11) is 0.